The lowest BCUT2D eigenvalue weighted by Crippen LogP contribution is -2.31. The van der Waals surface area contributed by atoms with Crippen LogP contribution in [0.3, 0.4) is 0 Å². The SMILES string of the molecule is COc1ccccc1CN(C)C(=O)COc1ccc(-c2nc(C)cs2)cc1. The van der Waals surface area contributed by atoms with Crippen molar-refractivity contribution in [3.05, 3.63) is 65.2 Å². The molecule has 0 saturated carbocycles. The van der Waals surface area contributed by atoms with Gasteiger partial charge in [-0.05, 0) is 37.3 Å². The number of hydrogen-bond donors (Lipinski definition) is 0. The van der Waals surface area contributed by atoms with E-state index < -0.39 is 0 Å². The summed E-state index contributed by atoms with van der Waals surface area (Å²) in [5, 5.41) is 3.00. The highest BCUT2D eigenvalue weighted by atomic mass is 32.1. The third kappa shape index (κ3) is 4.86. The molecule has 0 spiro atoms. The highest BCUT2D eigenvalue weighted by Gasteiger charge is 2.13. The number of aryl methyl sites for hydroxylation is 1. The highest BCUT2D eigenvalue weighted by molar-refractivity contribution is 7.13. The maximum Gasteiger partial charge on any atom is 0.260 e. The van der Waals surface area contributed by atoms with Crippen LogP contribution in [-0.4, -0.2) is 36.6 Å². The first-order valence-electron chi connectivity index (χ1n) is 8.58. The first kappa shape index (κ1) is 18.9. The molecule has 5 nitrogen and oxygen atoms in total. The fourth-order valence-electron chi connectivity index (χ4n) is 2.61. The molecule has 3 rings (SSSR count). The molecular formula is C21H22N2O3S. The summed E-state index contributed by atoms with van der Waals surface area (Å²) < 4.78 is 11.0. The largest absolute Gasteiger partial charge is 0.496 e. The van der Waals surface area contributed by atoms with Crippen molar-refractivity contribution in [1.29, 1.82) is 0 Å². The number of likely N-dealkylation sites (N-methyl/N-ethyl adjacent to an activating group) is 1. The van der Waals surface area contributed by atoms with E-state index in [0.29, 0.717) is 12.3 Å². The zero-order valence-corrected chi connectivity index (χ0v) is 16.5. The van der Waals surface area contributed by atoms with Crippen LogP contribution in [0.5, 0.6) is 11.5 Å². The predicted octanol–water partition coefficient (Wildman–Crippen LogP) is 4.16. The number of methoxy groups -OCH3 is 1. The topological polar surface area (TPSA) is 51.7 Å². The molecule has 6 heteroatoms. The molecule has 0 unspecified atom stereocenters. The second-order valence-corrected chi connectivity index (χ2v) is 7.03. The molecule has 0 aliphatic rings. The lowest BCUT2D eigenvalue weighted by molar-refractivity contribution is -0.132. The minimum Gasteiger partial charge on any atom is -0.496 e. The number of aromatic nitrogens is 1. The average molecular weight is 382 g/mol. The molecule has 0 N–H and O–H groups in total. The van der Waals surface area contributed by atoms with Crippen molar-refractivity contribution in [1.82, 2.24) is 9.88 Å². The Balaban J connectivity index is 1.55. The molecule has 27 heavy (non-hydrogen) atoms. The van der Waals surface area contributed by atoms with E-state index in [1.807, 2.05) is 60.8 Å². The van der Waals surface area contributed by atoms with Crippen molar-refractivity contribution in [2.24, 2.45) is 0 Å². The Labute approximate surface area is 163 Å². The van der Waals surface area contributed by atoms with Crippen molar-refractivity contribution < 1.29 is 14.3 Å². The lowest BCUT2D eigenvalue weighted by Gasteiger charge is -2.19. The van der Waals surface area contributed by atoms with E-state index in [0.717, 1.165) is 27.6 Å². The number of para-hydroxylation sites is 1. The van der Waals surface area contributed by atoms with Gasteiger partial charge in [0.05, 0.1) is 7.11 Å². The Bertz CT molecular complexity index is 906. The zero-order chi connectivity index (χ0) is 19.2. The van der Waals surface area contributed by atoms with Crippen LogP contribution >= 0.6 is 11.3 Å². The Morgan fingerprint density at radius 1 is 1.15 bits per heavy atom. The summed E-state index contributed by atoms with van der Waals surface area (Å²) >= 11 is 1.61. The number of hydrogen-bond acceptors (Lipinski definition) is 5. The smallest absolute Gasteiger partial charge is 0.260 e. The number of thiazole rings is 1. The van der Waals surface area contributed by atoms with Crippen LogP contribution in [0.25, 0.3) is 10.6 Å². The van der Waals surface area contributed by atoms with Gasteiger partial charge in [0.1, 0.15) is 16.5 Å². The Morgan fingerprint density at radius 2 is 1.89 bits per heavy atom. The summed E-state index contributed by atoms with van der Waals surface area (Å²) in [6.07, 6.45) is 0. The van der Waals surface area contributed by atoms with E-state index in [1.54, 1.807) is 30.4 Å². The third-order valence-corrected chi connectivity index (χ3v) is 5.12. The number of amides is 1. The molecule has 1 heterocycles. The standard InChI is InChI=1S/C21H22N2O3S/c1-15-14-27-21(22-15)16-8-10-18(11-9-16)26-13-20(24)23(2)12-17-6-4-5-7-19(17)25-3/h4-11,14H,12-13H2,1-3H3. The zero-order valence-electron chi connectivity index (χ0n) is 15.6. The second kappa shape index (κ2) is 8.68. The van der Waals surface area contributed by atoms with Crippen LogP contribution in [0.1, 0.15) is 11.3 Å². The number of rotatable bonds is 7. The lowest BCUT2D eigenvalue weighted by atomic mass is 10.2. The van der Waals surface area contributed by atoms with Gasteiger partial charge >= 0.3 is 0 Å². The van der Waals surface area contributed by atoms with Crippen molar-refractivity contribution in [3.8, 4) is 22.1 Å². The van der Waals surface area contributed by atoms with Gasteiger partial charge in [0.15, 0.2) is 6.61 Å². The van der Waals surface area contributed by atoms with Crippen molar-refractivity contribution in [2.45, 2.75) is 13.5 Å². The maximum absolute atomic E-state index is 12.4. The van der Waals surface area contributed by atoms with E-state index >= 15 is 0 Å². The fraction of sp³-hybridized carbons (Fsp3) is 0.238. The molecule has 0 saturated heterocycles. The number of carbonyl (C=O) groups excluding carboxylic acids is 1. The molecule has 140 valence electrons. The van der Waals surface area contributed by atoms with Crippen LogP contribution in [0.4, 0.5) is 0 Å². The van der Waals surface area contributed by atoms with Crippen LogP contribution < -0.4 is 9.47 Å². The average Bonchev–Trinajstić information content (AvgIpc) is 3.13. The molecule has 0 fully saturated rings. The van der Waals surface area contributed by atoms with Gasteiger partial charge in [-0.15, -0.1) is 11.3 Å². The number of nitrogens with zero attached hydrogens (tertiary/aromatic N) is 2. The van der Waals surface area contributed by atoms with Gasteiger partial charge in [0, 0.05) is 35.8 Å². The molecule has 2 aromatic carbocycles. The molecule has 0 aliphatic carbocycles. The Kier molecular flexibility index (Phi) is 6.08. The monoisotopic (exact) mass is 382 g/mol. The molecule has 0 aliphatic heterocycles. The van der Waals surface area contributed by atoms with E-state index in [-0.39, 0.29) is 12.5 Å². The van der Waals surface area contributed by atoms with Gasteiger partial charge in [0.2, 0.25) is 0 Å². The third-order valence-electron chi connectivity index (χ3n) is 4.11. The molecule has 1 amide bonds. The van der Waals surface area contributed by atoms with Gasteiger partial charge < -0.3 is 14.4 Å². The first-order chi connectivity index (χ1) is 13.1. The summed E-state index contributed by atoms with van der Waals surface area (Å²) in [6.45, 7) is 2.43. The van der Waals surface area contributed by atoms with E-state index in [1.165, 1.54) is 0 Å². The molecule has 0 bridgehead atoms. The van der Waals surface area contributed by atoms with Gasteiger partial charge in [-0.2, -0.15) is 0 Å². The van der Waals surface area contributed by atoms with E-state index in [9.17, 15) is 4.79 Å². The van der Waals surface area contributed by atoms with Gasteiger partial charge in [-0.1, -0.05) is 18.2 Å². The number of carbonyl (C=O) groups is 1. The normalized spacial score (nSPS) is 10.5. The first-order valence-corrected chi connectivity index (χ1v) is 9.46. The highest BCUT2D eigenvalue weighted by Crippen LogP contribution is 2.25. The molecule has 0 radical (unpaired) electrons. The fourth-order valence-corrected chi connectivity index (χ4v) is 3.42. The minimum atomic E-state index is -0.0967. The maximum atomic E-state index is 12.4. The van der Waals surface area contributed by atoms with E-state index in [2.05, 4.69) is 4.98 Å². The van der Waals surface area contributed by atoms with Crippen LogP contribution in [0, 0.1) is 6.92 Å². The van der Waals surface area contributed by atoms with E-state index in [4.69, 9.17) is 9.47 Å². The Morgan fingerprint density at radius 3 is 2.56 bits per heavy atom. The minimum absolute atomic E-state index is 0.0125. The summed E-state index contributed by atoms with van der Waals surface area (Å²) in [5.74, 6) is 1.33. The number of ether oxygens (including phenoxy) is 2. The van der Waals surface area contributed by atoms with Crippen LogP contribution in [0.15, 0.2) is 53.9 Å². The predicted molar refractivity (Wildman–Crippen MR) is 107 cm³/mol. The number of benzene rings is 2. The molecule has 3 aromatic rings. The van der Waals surface area contributed by atoms with Gasteiger partial charge in [-0.25, -0.2) is 4.98 Å². The second-order valence-electron chi connectivity index (χ2n) is 6.17. The quantitative estimate of drug-likeness (QED) is 0.616. The van der Waals surface area contributed by atoms with Gasteiger partial charge in [-0.3, -0.25) is 4.79 Å². The summed E-state index contributed by atoms with van der Waals surface area (Å²) in [6, 6.07) is 15.3. The van der Waals surface area contributed by atoms with Crippen LogP contribution in [0.2, 0.25) is 0 Å². The summed E-state index contributed by atoms with van der Waals surface area (Å²) in [5.41, 5.74) is 3.01. The van der Waals surface area contributed by atoms with Crippen LogP contribution in [-0.2, 0) is 11.3 Å². The summed E-state index contributed by atoms with van der Waals surface area (Å²) in [7, 11) is 3.38. The molecule has 0 atom stereocenters. The van der Waals surface area contributed by atoms with Crippen molar-refractivity contribution in [3.63, 3.8) is 0 Å². The van der Waals surface area contributed by atoms with Crippen molar-refractivity contribution >= 4 is 17.2 Å². The Hall–Kier alpha value is -2.86. The summed E-state index contributed by atoms with van der Waals surface area (Å²) in [4.78, 5) is 18.5. The molecular weight excluding hydrogens is 360 g/mol. The van der Waals surface area contributed by atoms with Gasteiger partial charge in [0.25, 0.3) is 5.91 Å². The molecule has 1 aromatic heterocycles. The van der Waals surface area contributed by atoms with Crippen molar-refractivity contribution in [2.75, 3.05) is 20.8 Å².